The van der Waals surface area contributed by atoms with Crippen molar-refractivity contribution < 1.29 is 19.4 Å². The van der Waals surface area contributed by atoms with Crippen molar-refractivity contribution in [1.29, 1.82) is 0 Å². The number of Topliss-reactive ketones (excluding diaryl/α,β-unsaturated/α-hetero) is 1. The van der Waals surface area contributed by atoms with Gasteiger partial charge in [-0.15, -0.1) is 0 Å². The zero-order valence-corrected chi connectivity index (χ0v) is 16.7. The highest BCUT2D eigenvalue weighted by atomic mass is 16.5. The van der Waals surface area contributed by atoms with E-state index in [0.717, 1.165) is 44.9 Å². The molecule has 2 bridgehead atoms. The first-order valence-electron chi connectivity index (χ1n) is 10.5. The Hall–Kier alpha value is -0.900. The van der Waals surface area contributed by atoms with Gasteiger partial charge in [-0.1, -0.05) is 27.2 Å². The van der Waals surface area contributed by atoms with Gasteiger partial charge in [0.05, 0.1) is 18.1 Å². The third kappa shape index (κ3) is 2.17. The number of ether oxygens (including phenoxy) is 1. The van der Waals surface area contributed by atoms with Gasteiger partial charge in [-0.05, 0) is 61.7 Å². The Bertz CT molecular complexity index is 630. The van der Waals surface area contributed by atoms with E-state index in [2.05, 4.69) is 13.8 Å². The first-order chi connectivity index (χ1) is 12.2. The molecule has 146 valence electrons. The molecule has 26 heavy (non-hydrogen) atoms. The molecule has 0 aromatic heterocycles. The molecule has 4 fully saturated rings. The number of carbonyl (C=O) groups is 2. The first-order valence-corrected chi connectivity index (χ1v) is 10.5. The van der Waals surface area contributed by atoms with Gasteiger partial charge in [0.1, 0.15) is 5.78 Å². The van der Waals surface area contributed by atoms with E-state index >= 15 is 0 Å². The Morgan fingerprint density at radius 3 is 2.58 bits per heavy atom. The summed E-state index contributed by atoms with van der Waals surface area (Å²) < 4.78 is 5.48. The molecule has 0 aromatic rings. The number of aliphatic hydroxyl groups excluding tert-OH is 1. The maximum atomic E-state index is 13.3. The fraction of sp³-hybridized carbons (Fsp3) is 0.909. The molecule has 8 atom stereocenters. The van der Waals surface area contributed by atoms with Crippen molar-refractivity contribution in [3.8, 4) is 0 Å². The van der Waals surface area contributed by atoms with Crippen LogP contribution >= 0.6 is 0 Å². The number of esters is 1. The molecule has 1 N–H and O–H groups in total. The number of rotatable bonds is 2. The van der Waals surface area contributed by atoms with Crippen LogP contribution in [0, 0.1) is 39.9 Å². The summed E-state index contributed by atoms with van der Waals surface area (Å²) in [6, 6.07) is 0. The second kappa shape index (κ2) is 5.80. The molecule has 4 heteroatoms. The molecule has 0 heterocycles. The number of hydrogen-bond acceptors (Lipinski definition) is 4. The van der Waals surface area contributed by atoms with Crippen molar-refractivity contribution in [3.63, 3.8) is 0 Å². The fourth-order valence-corrected chi connectivity index (χ4v) is 8.12. The summed E-state index contributed by atoms with van der Waals surface area (Å²) in [5.41, 5.74) is -0.473. The molecule has 0 saturated heterocycles. The highest BCUT2D eigenvalue weighted by molar-refractivity contribution is 5.91. The van der Waals surface area contributed by atoms with E-state index in [4.69, 9.17) is 4.74 Å². The van der Waals surface area contributed by atoms with Crippen LogP contribution in [-0.4, -0.2) is 29.6 Å². The number of hydrogen-bond donors (Lipinski definition) is 1. The molecule has 0 amide bonds. The zero-order chi connectivity index (χ0) is 18.9. The third-order valence-electron chi connectivity index (χ3n) is 9.21. The molecule has 4 nitrogen and oxygen atoms in total. The lowest BCUT2D eigenvalue weighted by atomic mass is 9.40. The van der Waals surface area contributed by atoms with Gasteiger partial charge in [0, 0.05) is 18.3 Å². The van der Waals surface area contributed by atoms with E-state index in [1.807, 2.05) is 6.92 Å². The van der Waals surface area contributed by atoms with Crippen molar-refractivity contribution in [2.75, 3.05) is 6.61 Å². The van der Waals surface area contributed by atoms with E-state index in [1.54, 1.807) is 0 Å². The number of ketones is 1. The molecule has 1 unspecified atom stereocenters. The van der Waals surface area contributed by atoms with Gasteiger partial charge >= 0.3 is 5.97 Å². The molecule has 0 aliphatic heterocycles. The minimum atomic E-state index is -0.507. The van der Waals surface area contributed by atoms with Crippen LogP contribution in [0.3, 0.4) is 0 Å². The SMILES string of the molecule is CC(=O)OC[C@@]1(C)CCC[C@]2(C)[C@@H]1CC[C@]13C(=O)[C@H](C)[C@H](CC[C@@H]21)C3O. The monoisotopic (exact) mass is 362 g/mol. The highest BCUT2D eigenvalue weighted by Crippen LogP contribution is 2.71. The summed E-state index contributed by atoms with van der Waals surface area (Å²) >= 11 is 0. The Kier molecular flexibility index (Phi) is 4.12. The van der Waals surface area contributed by atoms with Crippen LogP contribution in [0.4, 0.5) is 0 Å². The van der Waals surface area contributed by atoms with Crippen molar-refractivity contribution in [2.24, 2.45) is 39.9 Å². The summed E-state index contributed by atoms with van der Waals surface area (Å²) in [6.45, 7) is 8.65. The predicted octanol–water partition coefficient (Wildman–Crippen LogP) is 3.75. The third-order valence-corrected chi connectivity index (χ3v) is 9.21. The smallest absolute Gasteiger partial charge is 0.302 e. The minimum Gasteiger partial charge on any atom is -0.465 e. The van der Waals surface area contributed by atoms with Crippen LogP contribution in [0.5, 0.6) is 0 Å². The van der Waals surface area contributed by atoms with Gasteiger partial charge in [0.2, 0.25) is 0 Å². The molecule has 0 radical (unpaired) electrons. The average molecular weight is 363 g/mol. The number of fused-ring (bicyclic) bond motifs is 3. The zero-order valence-electron chi connectivity index (χ0n) is 16.7. The Labute approximate surface area is 157 Å². The quantitative estimate of drug-likeness (QED) is 0.760. The molecular weight excluding hydrogens is 328 g/mol. The predicted molar refractivity (Wildman–Crippen MR) is 98.2 cm³/mol. The van der Waals surface area contributed by atoms with Gasteiger partial charge in [-0.2, -0.15) is 0 Å². The molecule has 1 spiro atoms. The van der Waals surface area contributed by atoms with E-state index in [-0.39, 0.29) is 34.6 Å². The van der Waals surface area contributed by atoms with Gasteiger partial charge in [0.25, 0.3) is 0 Å². The summed E-state index contributed by atoms with van der Waals surface area (Å²) in [4.78, 5) is 24.7. The number of aliphatic hydroxyl groups is 1. The van der Waals surface area contributed by atoms with Crippen LogP contribution in [-0.2, 0) is 14.3 Å². The first kappa shape index (κ1) is 18.5. The summed E-state index contributed by atoms with van der Waals surface area (Å²) in [6.07, 6.45) is 6.68. The lowest BCUT2D eigenvalue weighted by molar-refractivity contribution is -0.196. The van der Waals surface area contributed by atoms with E-state index in [0.29, 0.717) is 18.3 Å². The van der Waals surface area contributed by atoms with Gasteiger partial charge in [-0.3, -0.25) is 9.59 Å². The summed E-state index contributed by atoms with van der Waals surface area (Å²) in [5, 5.41) is 11.2. The van der Waals surface area contributed by atoms with Crippen LogP contribution in [0.2, 0.25) is 0 Å². The standard InChI is InChI=1S/C22H34O4/c1-13-15-6-7-17-21(4)10-5-9-20(3,12-26-14(2)23)16(21)8-11-22(17,18(13)24)19(15)25/h13,15-17,19,25H,5-12H2,1-4H3/t13-,15+,16-,17+,19?,20-,21-,22-/m1/s1. The minimum absolute atomic E-state index is 0.00571. The van der Waals surface area contributed by atoms with E-state index in [1.165, 1.54) is 6.92 Å². The largest absolute Gasteiger partial charge is 0.465 e. The van der Waals surface area contributed by atoms with E-state index < -0.39 is 11.5 Å². The van der Waals surface area contributed by atoms with Crippen molar-refractivity contribution >= 4 is 11.8 Å². The van der Waals surface area contributed by atoms with Crippen molar-refractivity contribution in [2.45, 2.75) is 78.7 Å². The van der Waals surface area contributed by atoms with Crippen molar-refractivity contribution in [1.82, 2.24) is 0 Å². The molecule has 4 rings (SSSR count). The van der Waals surface area contributed by atoms with Crippen LogP contribution < -0.4 is 0 Å². The molecule has 4 aliphatic rings. The van der Waals surface area contributed by atoms with Crippen LogP contribution in [0.15, 0.2) is 0 Å². The summed E-state index contributed by atoms with van der Waals surface area (Å²) in [7, 11) is 0. The Balaban J connectivity index is 1.71. The number of carbonyl (C=O) groups excluding carboxylic acids is 2. The molecule has 0 aromatic carbocycles. The molecule has 4 saturated carbocycles. The highest BCUT2D eigenvalue weighted by Gasteiger charge is 2.71. The fourth-order valence-electron chi connectivity index (χ4n) is 8.12. The Morgan fingerprint density at radius 1 is 1.15 bits per heavy atom. The second-order valence-electron chi connectivity index (χ2n) is 10.3. The van der Waals surface area contributed by atoms with E-state index in [9.17, 15) is 14.7 Å². The van der Waals surface area contributed by atoms with Gasteiger partial charge < -0.3 is 9.84 Å². The van der Waals surface area contributed by atoms with Crippen molar-refractivity contribution in [3.05, 3.63) is 0 Å². The Morgan fingerprint density at radius 2 is 1.88 bits per heavy atom. The van der Waals surface area contributed by atoms with Crippen LogP contribution in [0.25, 0.3) is 0 Å². The average Bonchev–Trinajstić information content (AvgIpc) is 2.69. The van der Waals surface area contributed by atoms with Gasteiger partial charge in [-0.25, -0.2) is 0 Å². The lowest BCUT2D eigenvalue weighted by Gasteiger charge is -2.64. The lowest BCUT2D eigenvalue weighted by Crippen LogP contribution is -2.62. The molecule has 4 aliphatic carbocycles. The summed E-state index contributed by atoms with van der Waals surface area (Å²) in [5.74, 6) is 1.02. The molecular formula is C22H34O4. The second-order valence-corrected chi connectivity index (χ2v) is 10.3. The normalized spacial score (nSPS) is 53.0. The topological polar surface area (TPSA) is 63.6 Å². The maximum Gasteiger partial charge on any atom is 0.302 e. The van der Waals surface area contributed by atoms with Crippen LogP contribution in [0.1, 0.15) is 72.6 Å². The maximum absolute atomic E-state index is 13.3. The van der Waals surface area contributed by atoms with Gasteiger partial charge in [0.15, 0.2) is 0 Å².